The summed E-state index contributed by atoms with van der Waals surface area (Å²) in [6.07, 6.45) is 7.34. The summed E-state index contributed by atoms with van der Waals surface area (Å²) in [5.74, 6) is 0.935. The van der Waals surface area contributed by atoms with Crippen LogP contribution in [-0.2, 0) is 5.54 Å². The zero-order valence-electron chi connectivity index (χ0n) is 14.6. The molecule has 0 aliphatic carbocycles. The van der Waals surface area contributed by atoms with Crippen LogP contribution in [0.4, 0.5) is 5.82 Å². The molecule has 7 nitrogen and oxygen atoms in total. The number of nitrogens with zero attached hydrogens (tertiary/aromatic N) is 6. The molecule has 7 heteroatoms. The Bertz CT molecular complexity index is 831. The van der Waals surface area contributed by atoms with Gasteiger partial charge >= 0.3 is 0 Å². The van der Waals surface area contributed by atoms with Gasteiger partial charge in [0.1, 0.15) is 11.8 Å². The standard InChI is InChI=1S/C17H24N6O/c1-5-21(6-2)16-15-7-13(9-22(15)20-12-18-16)14-8-19-23(10-14)17(3,4)11-24/h7-10,12,24H,5-6,11H2,1-4H3. The Morgan fingerprint density at radius 3 is 2.54 bits per heavy atom. The van der Waals surface area contributed by atoms with Crippen molar-refractivity contribution in [1.82, 2.24) is 24.4 Å². The summed E-state index contributed by atoms with van der Waals surface area (Å²) in [6, 6.07) is 2.08. The van der Waals surface area contributed by atoms with Crippen molar-refractivity contribution in [2.75, 3.05) is 24.6 Å². The van der Waals surface area contributed by atoms with E-state index in [1.54, 1.807) is 11.0 Å². The summed E-state index contributed by atoms with van der Waals surface area (Å²) >= 11 is 0. The summed E-state index contributed by atoms with van der Waals surface area (Å²) in [4.78, 5) is 6.66. The molecule has 0 aliphatic rings. The first-order chi connectivity index (χ1) is 11.5. The van der Waals surface area contributed by atoms with Gasteiger partial charge in [0.2, 0.25) is 0 Å². The fourth-order valence-electron chi connectivity index (χ4n) is 2.72. The molecule has 0 aliphatic heterocycles. The molecule has 0 unspecified atom stereocenters. The van der Waals surface area contributed by atoms with Gasteiger partial charge in [-0.05, 0) is 33.8 Å². The maximum Gasteiger partial charge on any atom is 0.156 e. The number of hydrogen-bond donors (Lipinski definition) is 1. The van der Waals surface area contributed by atoms with E-state index < -0.39 is 5.54 Å². The SMILES string of the molecule is CCN(CC)c1ncnn2cc(-c3cnn(C(C)(C)CO)c3)cc12. The van der Waals surface area contributed by atoms with Gasteiger partial charge in [-0.15, -0.1) is 0 Å². The molecule has 0 fully saturated rings. The molecule has 3 aromatic heterocycles. The van der Waals surface area contributed by atoms with Gasteiger partial charge in [-0.3, -0.25) is 4.68 Å². The first-order valence-electron chi connectivity index (χ1n) is 8.25. The summed E-state index contributed by atoms with van der Waals surface area (Å²) in [5.41, 5.74) is 2.57. The molecular weight excluding hydrogens is 304 g/mol. The number of rotatable bonds is 6. The van der Waals surface area contributed by atoms with Crippen molar-refractivity contribution in [2.24, 2.45) is 0 Å². The highest BCUT2D eigenvalue weighted by Gasteiger charge is 2.21. The minimum absolute atomic E-state index is 0.0312. The van der Waals surface area contributed by atoms with Crippen molar-refractivity contribution in [1.29, 1.82) is 0 Å². The van der Waals surface area contributed by atoms with Crippen molar-refractivity contribution < 1.29 is 5.11 Å². The van der Waals surface area contributed by atoms with E-state index in [-0.39, 0.29) is 6.61 Å². The lowest BCUT2D eigenvalue weighted by molar-refractivity contribution is 0.152. The van der Waals surface area contributed by atoms with Crippen LogP contribution in [0.15, 0.2) is 31.0 Å². The van der Waals surface area contributed by atoms with Gasteiger partial charge in [0.15, 0.2) is 5.82 Å². The zero-order chi connectivity index (χ0) is 17.3. The van der Waals surface area contributed by atoms with Gasteiger partial charge in [-0.2, -0.15) is 10.2 Å². The van der Waals surface area contributed by atoms with Crippen molar-refractivity contribution >= 4 is 11.3 Å². The number of aromatic nitrogens is 5. The van der Waals surface area contributed by atoms with E-state index in [1.165, 1.54) is 0 Å². The fourth-order valence-corrected chi connectivity index (χ4v) is 2.72. The van der Waals surface area contributed by atoms with Crippen molar-refractivity contribution in [3.63, 3.8) is 0 Å². The molecule has 1 N–H and O–H groups in total. The van der Waals surface area contributed by atoms with Crippen LogP contribution in [0.2, 0.25) is 0 Å². The molecule has 0 amide bonds. The van der Waals surface area contributed by atoms with E-state index in [9.17, 15) is 5.11 Å². The van der Waals surface area contributed by atoms with E-state index in [1.807, 2.05) is 37.0 Å². The average Bonchev–Trinajstić information content (AvgIpc) is 3.23. The highest BCUT2D eigenvalue weighted by Crippen LogP contribution is 2.27. The molecule has 0 saturated carbocycles. The number of anilines is 1. The predicted octanol–water partition coefficient (Wildman–Crippen LogP) is 2.17. The van der Waals surface area contributed by atoms with Gasteiger partial charge in [0.05, 0.1) is 18.3 Å². The van der Waals surface area contributed by atoms with E-state index in [2.05, 4.69) is 40.0 Å². The molecule has 3 aromatic rings. The Morgan fingerprint density at radius 1 is 1.12 bits per heavy atom. The van der Waals surface area contributed by atoms with E-state index >= 15 is 0 Å². The zero-order valence-corrected chi connectivity index (χ0v) is 14.6. The average molecular weight is 328 g/mol. The highest BCUT2D eigenvalue weighted by molar-refractivity contribution is 5.77. The maximum absolute atomic E-state index is 9.50. The molecule has 0 bridgehead atoms. The molecule has 3 heterocycles. The Hall–Kier alpha value is -2.41. The molecule has 0 radical (unpaired) electrons. The second kappa shape index (κ2) is 6.24. The van der Waals surface area contributed by atoms with E-state index in [0.717, 1.165) is 35.6 Å². The van der Waals surface area contributed by atoms with Crippen molar-refractivity contribution in [3.8, 4) is 11.1 Å². The van der Waals surface area contributed by atoms with Crippen LogP contribution in [0.3, 0.4) is 0 Å². The van der Waals surface area contributed by atoms with Gasteiger partial charge < -0.3 is 10.0 Å². The molecule has 0 saturated heterocycles. The monoisotopic (exact) mass is 328 g/mol. The predicted molar refractivity (Wildman–Crippen MR) is 94.2 cm³/mol. The van der Waals surface area contributed by atoms with Crippen molar-refractivity contribution in [3.05, 3.63) is 31.0 Å². The molecule has 0 atom stereocenters. The normalized spacial score (nSPS) is 12.0. The number of hydrogen-bond acceptors (Lipinski definition) is 5. The van der Waals surface area contributed by atoms with E-state index in [4.69, 9.17) is 0 Å². The molecule has 128 valence electrons. The third-order valence-electron chi connectivity index (χ3n) is 4.37. The Kier molecular flexibility index (Phi) is 4.28. The lowest BCUT2D eigenvalue weighted by atomic mass is 10.1. The smallest absolute Gasteiger partial charge is 0.156 e. The van der Waals surface area contributed by atoms with Crippen LogP contribution >= 0.6 is 0 Å². The Balaban J connectivity index is 2.04. The summed E-state index contributed by atoms with van der Waals surface area (Å²) in [7, 11) is 0. The molecule has 0 aromatic carbocycles. The van der Waals surface area contributed by atoms with Crippen LogP contribution < -0.4 is 4.90 Å². The Labute approximate surface area is 141 Å². The molecular formula is C17H24N6O. The number of aliphatic hydroxyl groups excluding tert-OH is 1. The minimum atomic E-state index is -0.427. The van der Waals surface area contributed by atoms with Gasteiger partial charge in [-0.25, -0.2) is 9.50 Å². The van der Waals surface area contributed by atoms with Crippen LogP contribution in [0.1, 0.15) is 27.7 Å². The van der Waals surface area contributed by atoms with Crippen LogP contribution in [0.25, 0.3) is 16.6 Å². The van der Waals surface area contributed by atoms with Crippen LogP contribution in [-0.4, -0.2) is 49.2 Å². The highest BCUT2D eigenvalue weighted by atomic mass is 16.3. The topological polar surface area (TPSA) is 71.5 Å². The third kappa shape index (κ3) is 2.75. The van der Waals surface area contributed by atoms with Crippen LogP contribution in [0.5, 0.6) is 0 Å². The van der Waals surface area contributed by atoms with Gasteiger partial charge in [0.25, 0.3) is 0 Å². The summed E-state index contributed by atoms with van der Waals surface area (Å²) in [5, 5.41) is 18.2. The maximum atomic E-state index is 9.50. The first-order valence-corrected chi connectivity index (χ1v) is 8.25. The first kappa shape index (κ1) is 16.4. The number of fused-ring (bicyclic) bond motifs is 1. The van der Waals surface area contributed by atoms with Crippen molar-refractivity contribution in [2.45, 2.75) is 33.2 Å². The minimum Gasteiger partial charge on any atom is -0.394 e. The van der Waals surface area contributed by atoms with E-state index in [0.29, 0.717) is 0 Å². The van der Waals surface area contributed by atoms with Gasteiger partial charge in [-0.1, -0.05) is 0 Å². The molecule has 0 spiro atoms. The lowest BCUT2D eigenvalue weighted by Crippen LogP contribution is -2.30. The quantitative estimate of drug-likeness (QED) is 0.751. The number of aliphatic hydroxyl groups is 1. The second-order valence-corrected chi connectivity index (χ2v) is 6.46. The Morgan fingerprint density at radius 2 is 1.88 bits per heavy atom. The molecule has 3 rings (SSSR count). The van der Waals surface area contributed by atoms with Crippen LogP contribution in [0, 0.1) is 0 Å². The summed E-state index contributed by atoms with van der Waals surface area (Å²) in [6.45, 7) is 9.95. The fraction of sp³-hybridized carbons (Fsp3) is 0.471. The largest absolute Gasteiger partial charge is 0.394 e. The molecule has 24 heavy (non-hydrogen) atoms. The van der Waals surface area contributed by atoms with Gasteiger partial charge in [0, 0.05) is 36.6 Å². The third-order valence-corrected chi connectivity index (χ3v) is 4.37. The second-order valence-electron chi connectivity index (χ2n) is 6.46. The lowest BCUT2D eigenvalue weighted by Gasteiger charge is -2.22. The summed E-state index contributed by atoms with van der Waals surface area (Å²) < 4.78 is 3.64.